The predicted molar refractivity (Wildman–Crippen MR) is 91.5 cm³/mol. The number of hydrogen-bond acceptors (Lipinski definition) is 6. The zero-order valence-corrected chi connectivity index (χ0v) is 14.0. The number of rotatable bonds is 4. The van der Waals surface area contributed by atoms with E-state index in [9.17, 15) is 9.90 Å². The molecule has 0 saturated heterocycles. The van der Waals surface area contributed by atoms with Gasteiger partial charge in [0.1, 0.15) is 18.9 Å². The van der Waals surface area contributed by atoms with Crippen molar-refractivity contribution >= 4 is 5.97 Å². The third kappa shape index (κ3) is 3.08. The molecule has 132 valence electrons. The molecule has 0 unspecified atom stereocenters. The topological polar surface area (TPSA) is 99.4 Å². The van der Waals surface area contributed by atoms with Crippen molar-refractivity contribution in [1.82, 2.24) is 20.0 Å². The van der Waals surface area contributed by atoms with Gasteiger partial charge in [-0.1, -0.05) is 11.3 Å². The molecule has 0 saturated carbocycles. The fourth-order valence-electron chi connectivity index (χ4n) is 2.75. The SMILES string of the molecule is Cc1ccc(C(=O)O)cc1-c1cn(Cc2ccc3c(n2)OCCO3)nn1. The van der Waals surface area contributed by atoms with Crippen molar-refractivity contribution in [2.75, 3.05) is 13.2 Å². The van der Waals surface area contributed by atoms with Gasteiger partial charge in [0.25, 0.3) is 5.88 Å². The minimum absolute atomic E-state index is 0.216. The summed E-state index contributed by atoms with van der Waals surface area (Å²) in [6, 6.07) is 8.62. The van der Waals surface area contributed by atoms with E-state index < -0.39 is 5.97 Å². The Kier molecular flexibility index (Phi) is 4.00. The molecule has 0 atom stereocenters. The molecule has 8 nitrogen and oxygen atoms in total. The Morgan fingerprint density at radius 1 is 1.23 bits per heavy atom. The van der Waals surface area contributed by atoms with Crippen LogP contribution in [0.1, 0.15) is 21.6 Å². The Labute approximate surface area is 149 Å². The minimum atomic E-state index is -0.973. The maximum Gasteiger partial charge on any atom is 0.335 e. The number of benzene rings is 1. The van der Waals surface area contributed by atoms with Crippen LogP contribution in [0.4, 0.5) is 0 Å². The Bertz CT molecular complexity index is 983. The highest BCUT2D eigenvalue weighted by atomic mass is 16.6. The number of aromatic nitrogens is 4. The number of pyridine rings is 1. The molecule has 8 heteroatoms. The lowest BCUT2D eigenvalue weighted by molar-refractivity contribution is 0.0697. The lowest BCUT2D eigenvalue weighted by atomic mass is 10.0. The summed E-state index contributed by atoms with van der Waals surface area (Å²) in [6.07, 6.45) is 1.77. The summed E-state index contributed by atoms with van der Waals surface area (Å²) in [6.45, 7) is 3.33. The summed E-state index contributed by atoms with van der Waals surface area (Å²) >= 11 is 0. The first-order valence-electron chi connectivity index (χ1n) is 8.10. The van der Waals surface area contributed by atoms with Crippen LogP contribution in [0.3, 0.4) is 0 Å². The highest BCUT2D eigenvalue weighted by Crippen LogP contribution is 2.28. The summed E-state index contributed by atoms with van der Waals surface area (Å²) in [5, 5.41) is 17.5. The molecule has 0 bridgehead atoms. The predicted octanol–water partition coefficient (Wildman–Crippen LogP) is 2.17. The smallest absolute Gasteiger partial charge is 0.335 e. The van der Waals surface area contributed by atoms with Gasteiger partial charge >= 0.3 is 5.97 Å². The van der Waals surface area contributed by atoms with Gasteiger partial charge in [0.2, 0.25) is 0 Å². The number of carboxylic acids is 1. The number of fused-ring (bicyclic) bond motifs is 1. The van der Waals surface area contributed by atoms with Gasteiger partial charge in [-0.05, 0) is 36.8 Å². The molecule has 0 aliphatic carbocycles. The molecule has 0 fully saturated rings. The number of ether oxygens (including phenoxy) is 2. The molecular weight excluding hydrogens is 336 g/mol. The molecule has 2 aromatic heterocycles. The average Bonchev–Trinajstić information content (AvgIpc) is 3.10. The van der Waals surface area contributed by atoms with E-state index in [1.165, 1.54) is 0 Å². The van der Waals surface area contributed by atoms with Crippen LogP contribution >= 0.6 is 0 Å². The fourth-order valence-corrected chi connectivity index (χ4v) is 2.75. The summed E-state index contributed by atoms with van der Waals surface area (Å²) in [7, 11) is 0. The molecule has 26 heavy (non-hydrogen) atoms. The van der Waals surface area contributed by atoms with Crippen molar-refractivity contribution in [3.05, 3.63) is 53.3 Å². The Balaban J connectivity index is 1.59. The largest absolute Gasteiger partial charge is 0.484 e. The normalized spacial score (nSPS) is 12.8. The lowest BCUT2D eigenvalue weighted by Crippen LogP contribution is -2.17. The van der Waals surface area contributed by atoms with Crippen molar-refractivity contribution in [3.63, 3.8) is 0 Å². The molecule has 0 radical (unpaired) electrons. The van der Waals surface area contributed by atoms with Crippen molar-refractivity contribution in [1.29, 1.82) is 0 Å². The van der Waals surface area contributed by atoms with Crippen LogP contribution in [-0.2, 0) is 6.54 Å². The third-order valence-corrected chi connectivity index (χ3v) is 4.09. The highest BCUT2D eigenvalue weighted by molar-refractivity contribution is 5.89. The van der Waals surface area contributed by atoms with Gasteiger partial charge in [-0.25, -0.2) is 14.5 Å². The van der Waals surface area contributed by atoms with Crippen molar-refractivity contribution < 1.29 is 19.4 Å². The van der Waals surface area contributed by atoms with Gasteiger partial charge in [-0.2, -0.15) is 0 Å². The molecule has 1 aliphatic heterocycles. The lowest BCUT2D eigenvalue weighted by Gasteiger charge is -2.17. The molecule has 3 heterocycles. The highest BCUT2D eigenvalue weighted by Gasteiger charge is 2.15. The van der Waals surface area contributed by atoms with E-state index in [4.69, 9.17) is 9.47 Å². The summed E-state index contributed by atoms with van der Waals surface area (Å²) in [4.78, 5) is 15.6. The minimum Gasteiger partial charge on any atom is -0.484 e. The van der Waals surface area contributed by atoms with Crippen molar-refractivity contribution in [2.45, 2.75) is 13.5 Å². The van der Waals surface area contributed by atoms with Crippen LogP contribution in [0, 0.1) is 6.92 Å². The zero-order valence-electron chi connectivity index (χ0n) is 14.0. The van der Waals surface area contributed by atoms with Gasteiger partial charge in [0, 0.05) is 5.56 Å². The summed E-state index contributed by atoms with van der Waals surface area (Å²) < 4.78 is 12.6. The van der Waals surface area contributed by atoms with E-state index in [0.717, 1.165) is 16.8 Å². The van der Waals surface area contributed by atoms with Crippen LogP contribution < -0.4 is 9.47 Å². The molecule has 0 spiro atoms. The average molecular weight is 352 g/mol. The standard InChI is InChI=1S/C18H16N4O4/c1-11-2-3-12(18(23)24)8-14(11)15-10-22(21-20-15)9-13-4-5-16-17(19-13)26-7-6-25-16/h2-5,8,10H,6-7,9H2,1H3,(H,23,24). The first-order valence-corrected chi connectivity index (χ1v) is 8.10. The summed E-state index contributed by atoms with van der Waals surface area (Å²) in [5.74, 6) is 0.151. The second kappa shape index (κ2) is 6.47. The zero-order chi connectivity index (χ0) is 18.1. The fraction of sp³-hybridized carbons (Fsp3) is 0.222. The Morgan fingerprint density at radius 3 is 2.92 bits per heavy atom. The number of carbonyl (C=O) groups is 1. The molecule has 4 rings (SSSR count). The van der Waals surface area contributed by atoms with E-state index >= 15 is 0 Å². The Hall–Kier alpha value is -3.42. The maximum atomic E-state index is 11.2. The second-order valence-corrected chi connectivity index (χ2v) is 5.94. The van der Waals surface area contributed by atoms with Gasteiger partial charge in [0.05, 0.1) is 24.0 Å². The number of aromatic carboxylic acids is 1. The number of carboxylic acid groups (broad SMARTS) is 1. The second-order valence-electron chi connectivity index (χ2n) is 5.94. The van der Waals surface area contributed by atoms with Crippen LogP contribution in [0.2, 0.25) is 0 Å². The van der Waals surface area contributed by atoms with E-state index in [-0.39, 0.29) is 5.56 Å². The molecule has 1 aromatic carbocycles. The van der Waals surface area contributed by atoms with Crippen LogP contribution in [0.5, 0.6) is 11.6 Å². The van der Waals surface area contributed by atoms with E-state index in [1.54, 1.807) is 29.1 Å². The summed E-state index contributed by atoms with van der Waals surface area (Å²) in [5.41, 5.74) is 3.27. The van der Waals surface area contributed by atoms with Crippen LogP contribution in [0.15, 0.2) is 36.5 Å². The molecule has 3 aromatic rings. The molecule has 1 N–H and O–H groups in total. The first-order chi connectivity index (χ1) is 12.6. The van der Waals surface area contributed by atoms with Crippen molar-refractivity contribution in [2.24, 2.45) is 0 Å². The molecule has 0 amide bonds. The molecule has 1 aliphatic rings. The third-order valence-electron chi connectivity index (χ3n) is 4.09. The van der Waals surface area contributed by atoms with Gasteiger partial charge in [0.15, 0.2) is 5.75 Å². The van der Waals surface area contributed by atoms with E-state index in [2.05, 4.69) is 15.3 Å². The van der Waals surface area contributed by atoms with Crippen LogP contribution in [-0.4, -0.2) is 44.3 Å². The van der Waals surface area contributed by atoms with E-state index in [1.807, 2.05) is 19.1 Å². The quantitative estimate of drug-likeness (QED) is 0.768. The first kappa shape index (κ1) is 16.1. The molecular formula is C18H16N4O4. The van der Waals surface area contributed by atoms with Gasteiger partial charge < -0.3 is 14.6 Å². The number of aryl methyl sites for hydroxylation is 1. The van der Waals surface area contributed by atoms with Gasteiger partial charge in [-0.15, -0.1) is 5.10 Å². The maximum absolute atomic E-state index is 11.2. The van der Waals surface area contributed by atoms with Crippen molar-refractivity contribution in [3.8, 4) is 22.9 Å². The van der Waals surface area contributed by atoms with Crippen LogP contribution in [0.25, 0.3) is 11.3 Å². The Morgan fingerprint density at radius 2 is 2.08 bits per heavy atom. The monoisotopic (exact) mass is 352 g/mol. The van der Waals surface area contributed by atoms with E-state index in [0.29, 0.717) is 37.1 Å². The van der Waals surface area contributed by atoms with Gasteiger partial charge in [-0.3, -0.25) is 0 Å². The number of nitrogens with zero attached hydrogens (tertiary/aromatic N) is 4. The number of hydrogen-bond donors (Lipinski definition) is 1.